The van der Waals surface area contributed by atoms with Gasteiger partial charge >= 0.3 is 0 Å². The molecular weight excluding hydrogens is 283 g/mol. The van der Waals surface area contributed by atoms with Crippen LogP contribution in [0, 0.1) is 5.82 Å². The topological polar surface area (TPSA) is 62.5 Å². The van der Waals surface area contributed by atoms with Gasteiger partial charge < -0.3 is 15.2 Å². The van der Waals surface area contributed by atoms with Gasteiger partial charge in [0.05, 0.1) is 6.54 Å². The van der Waals surface area contributed by atoms with Crippen LogP contribution in [0.2, 0.25) is 0 Å². The van der Waals surface area contributed by atoms with Crippen LogP contribution in [0.3, 0.4) is 0 Å². The zero-order valence-corrected chi connectivity index (χ0v) is 12.5. The van der Waals surface area contributed by atoms with E-state index in [0.717, 1.165) is 30.6 Å². The van der Waals surface area contributed by atoms with Crippen molar-refractivity contribution in [3.05, 3.63) is 53.7 Å². The standard InChI is InChI=1S/C16H19FN4O/c1-18-15(19-10-14-5-8-22-21-14)20-11-16(6-7-16)12-3-2-4-13(17)9-12/h2-5,8-9H,6-7,10-11H2,1H3,(H2,18,19,20). The van der Waals surface area contributed by atoms with Crippen molar-refractivity contribution in [2.45, 2.75) is 24.8 Å². The maximum atomic E-state index is 13.4. The first-order valence-corrected chi connectivity index (χ1v) is 7.32. The second kappa shape index (κ2) is 6.17. The molecule has 1 fully saturated rings. The van der Waals surface area contributed by atoms with Crippen molar-refractivity contribution in [1.82, 2.24) is 15.8 Å². The lowest BCUT2D eigenvalue weighted by molar-refractivity contribution is 0.410. The predicted octanol–water partition coefficient (Wildman–Crippen LogP) is 2.21. The largest absolute Gasteiger partial charge is 0.364 e. The van der Waals surface area contributed by atoms with E-state index in [1.54, 1.807) is 25.2 Å². The number of nitrogens with one attached hydrogen (secondary N) is 2. The molecule has 0 unspecified atom stereocenters. The van der Waals surface area contributed by atoms with E-state index in [1.807, 2.05) is 6.07 Å². The van der Waals surface area contributed by atoms with Gasteiger partial charge in [-0.2, -0.15) is 0 Å². The lowest BCUT2D eigenvalue weighted by atomic mass is 9.96. The first-order chi connectivity index (χ1) is 10.7. The van der Waals surface area contributed by atoms with Gasteiger partial charge in [-0.1, -0.05) is 17.3 Å². The van der Waals surface area contributed by atoms with Crippen molar-refractivity contribution >= 4 is 5.96 Å². The maximum absolute atomic E-state index is 13.4. The Kier molecular flexibility index (Phi) is 4.09. The molecule has 0 bridgehead atoms. The second-order valence-electron chi connectivity index (χ2n) is 5.56. The monoisotopic (exact) mass is 302 g/mol. The molecular formula is C16H19FN4O. The Hall–Kier alpha value is -2.37. The Labute approximate surface area is 128 Å². The Bertz CT molecular complexity index is 650. The van der Waals surface area contributed by atoms with E-state index >= 15 is 0 Å². The van der Waals surface area contributed by atoms with E-state index in [9.17, 15) is 4.39 Å². The summed E-state index contributed by atoms with van der Waals surface area (Å²) in [6.07, 6.45) is 3.66. The molecule has 2 N–H and O–H groups in total. The van der Waals surface area contributed by atoms with Gasteiger partial charge in [0.15, 0.2) is 5.96 Å². The second-order valence-corrected chi connectivity index (χ2v) is 5.56. The Morgan fingerprint density at radius 2 is 2.23 bits per heavy atom. The highest BCUT2D eigenvalue weighted by Gasteiger charge is 2.44. The fourth-order valence-electron chi connectivity index (χ4n) is 2.51. The summed E-state index contributed by atoms with van der Waals surface area (Å²) in [6, 6.07) is 8.66. The quantitative estimate of drug-likeness (QED) is 0.656. The number of benzene rings is 1. The van der Waals surface area contributed by atoms with Crippen LogP contribution < -0.4 is 10.6 Å². The lowest BCUT2D eigenvalue weighted by Gasteiger charge is -2.19. The zero-order valence-electron chi connectivity index (χ0n) is 12.5. The van der Waals surface area contributed by atoms with Crippen LogP contribution in [-0.4, -0.2) is 24.7 Å². The highest BCUT2D eigenvalue weighted by Crippen LogP contribution is 2.47. The van der Waals surface area contributed by atoms with Gasteiger partial charge in [-0.05, 0) is 30.5 Å². The SMILES string of the molecule is CN=C(NCc1ccon1)NCC1(c2cccc(F)c2)CC1. The zero-order chi connectivity index (χ0) is 15.4. The van der Waals surface area contributed by atoms with E-state index in [1.165, 1.54) is 12.3 Å². The van der Waals surface area contributed by atoms with Gasteiger partial charge in [-0.25, -0.2) is 4.39 Å². The van der Waals surface area contributed by atoms with Crippen molar-refractivity contribution in [2.24, 2.45) is 4.99 Å². The van der Waals surface area contributed by atoms with Gasteiger partial charge in [-0.3, -0.25) is 4.99 Å². The van der Waals surface area contributed by atoms with E-state index in [2.05, 4.69) is 20.8 Å². The lowest BCUT2D eigenvalue weighted by Crippen LogP contribution is -2.41. The summed E-state index contributed by atoms with van der Waals surface area (Å²) in [5.74, 6) is 0.517. The number of hydrogen-bond donors (Lipinski definition) is 2. The van der Waals surface area contributed by atoms with Crippen molar-refractivity contribution in [1.29, 1.82) is 0 Å². The highest BCUT2D eigenvalue weighted by molar-refractivity contribution is 5.79. The molecule has 2 aromatic rings. The molecule has 0 saturated heterocycles. The van der Waals surface area contributed by atoms with Crippen LogP contribution >= 0.6 is 0 Å². The van der Waals surface area contributed by atoms with Crippen LogP contribution in [0.1, 0.15) is 24.1 Å². The smallest absolute Gasteiger partial charge is 0.191 e. The molecule has 6 heteroatoms. The predicted molar refractivity (Wildman–Crippen MR) is 82.0 cm³/mol. The summed E-state index contributed by atoms with van der Waals surface area (Å²) in [5.41, 5.74) is 1.88. The number of aliphatic imine (C=N–C) groups is 1. The van der Waals surface area contributed by atoms with Gasteiger partial charge in [0, 0.05) is 25.1 Å². The minimum Gasteiger partial charge on any atom is -0.364 e. The Morgan fingerprint density at radius 3 is 2.86 bits per heavy atom. The molecule has 1 aromatic carbocycles. The summed E-state index contributed by atoms with van der Waals surface area (Å²) in [5, 5.41) is 10.3. The molecule has 0 atom stereocenters. The number of rotatable bonds is 5. The molecule has 1 saturated carbocycles. The molecule has 0 spiro atoms. The summed E-state index contributed by atoms with van der Waals surface area (Å²) < 4.78 is 18.2. The van der Waals surface area contributed by atoms with E-state index in [-0.39, 0.29) is 11.2 Å². The molecule has 116 valence electrons. The molecule has 1 aromatic heterocycles. The first kappa shape index (κ1) is 14.6. The molecule has 1 heterocycles. The number of nitrogens with zero attached hydrogens (tertiary/aromatic N) is 2. The first-order valence-electron chi connectivity index (χ1n) is 7.32. The van der Waals surface area contributed by atoms with Gasteiger partial charge in [0.2, 0.25) is 0 Å². The van der Waals surface area contributed by atoms with Crippen molar-refractivity contribution in [3.8, 4) is 0 Å². The molecule has 22 heavy (non-hydrogen) atoms. The maximum Gasteiger partial charge on any atom is 0.191 e. The van der Waals surface area contributed by atoms with Crippen molar-refractivity contribution < 1.29 is 8.91 Å². The highest BCUT2D eigenvalue weighted by atomic mass is 19.1. The molecule has 0 amide bonds. The van der Waals surface area contributed by atoms with Gasteiger partial charge in [-0.15, -0.1) is 0 Å². The summed E-state index contributed by atoms with van der Waals surface area (Å²) in [6.45, 7) is 1.28. The molecule has 3 rings (SSSR count). The van der Waals surface area contributed by atoms with Gasteiger partial charge in [0.25, 0.3) is 0 Å². The third-order valence-corrected chi connectivity index (χ3v) is 4.04. The number of aromatic nitrogens is 1. The Morgan fingerprint density at radius 1 is 1.36 bits per heavy atom. The summed E-state index contributed by atoms with van der Waals surface area (Å²) >= 11 is 0. The van der Waals surface area contributed by atoms with Crippen LogP contribution in [-0.2, 0) is 12.0 Å². The molecule has 0 aliphatic heterocycles. The average molecular weight is 302 g/mol. The Balaban J connectivity index is 1.56. The molecule has 1 aliphatic rings. The minimum atomic E-state index is -0.183. The van der Waals surface area contributed by atoms with E-state index < -0.39 is 0 Å². The van der Waals surface area contributed by atoms with Crippen LogP contribution in [0.4, 0.5) is 4.39 Å². The minimum absolute atomic E-state index is 0.0214. The number of hydrogen-bond acceptors (Lipinski definition) is 3. The number of guanidine groups is 1. The van der Waals surface area contributed by atoms with Crippen molar-refractivity contribution in [2.75, 3.05) is 13.6 Å². The third kappa shape index (κ3) is 3.27. The van der Waals surface area contributed by atoms with E-state index in [0.29, 0.717) is 12.5 Å². The van der Waals surface area contributed by atoms with Gasteiger partial charge in [0.1, 0.15) is 17.8 Å². The normalized spacial score (nSPS) is 16.4. The average Bonchev–Trinajstić information content (AvgIpc) is 3.14. The van der Waals surface area contributed by atoms with Crippen molar-refractivity contribution in [3.63, 3.8) is 0 Å². The van der Waals surface area contributed by atoms with E-state index in [4.69, 9.17) is 4.52 Å². The van der Waals surface area contributed by atoms with Crippen LogP contribution in [0.25, 0.3) is 0 Å². The summed E-state index contributed by atoms with van der Waals surface area (Å²) in [4.78, 5) is 4.19. The fourth-order valence-corrected chi connectivity index (χ4v) is 2.51. The molecule has 5 nitrogen and oxygen atoms in total. The summed E-state index contributed by atoms with van der Waals surface area (Å²) in [7, 11) is 1.72. The van der Waals surface area contributed by atoms with Crippen LogP contribution in [0.5, 0.6) is 0 Å². The van der Waals surface area contributed by atoms with Crippen LogP contribution in [0.15, 0.2) is 46.1 Å². The molecule has 0 radical (unpaired) electrons. The third-order valence-electron chi connectivity index (χ3n) is 4.04. The number of halogens is 1. The fraction of sp³-hybridized carbons (Fsp3) is 0.375. The molecule has 1 aliphatic carbocycles.